The molecule has 1 aliphatic carbocycles. The molecule has 3 aliphatic heterocycles. The zero-order valence-electron chi connectivity index (χ0n) is 24.1. The summed E-state index contributed by atoms with van der Waals surface area (Å²) in [4.78, 5) is 37.0. The number of fused-ring (bicyclic) bond motifs is 3. The van der Waals surface area contributed by atoms with Gasteiger partial charge in [0.25, 0.3) is 5.91 Å². The van der Waals surface area contributed by atoms with Crippen LogP contribution >= 0.6 is 0 Å². The van der Waals surface area contributed by atoms with Gasteiger partial charge in [-0.3, -0.25) is 19.5 Å². The van der Waals surface area contributed by atoms with E-state index in [4.69, 9.17) is 14.5 Å². The van der Waals surface area contributed by atoms with E-state index in [-0.39, 0.29) is 29.9 Å². The van der Waals surface area contributed by atoms with Crippen LogP contribution in [-0.4, -0.2) is 110 Å². The molecule has 2 aromatic carbocycles. The van der Waals surface area contributed by atoms with Crippen LogP contribution in [0.25, 0.3) is 0 Å². The molecule has 0 aromatic heterocycles. The van der Waals surface area contributed by atoms with E-state index in [9.17, 15) is 14.7 Å². The van der Waals surface area contributed by atoms with E-state index in [0.29, 0.717) is 56.2 Å². The molecule has 3 unspecified atom stereocenters. The fourth-order valence-corrected chi connectivity index (χ4v) is 6.81. The van der Waals surface area contributed by atoms with Crippen molar-refractivity contribution in [2.24, 2.45) is 4.99 Å². The smallest absolute Gasteiger partial charge is 0.253 e. The summed E-state index contributed by atoms with van der Waals surface area (Å²) in [6, 6.07) is 11.9. The number of likely N-dealkylation sites (tertiary alicyclic amines) is 1. The van der Waals surface area contributed by atoms with Crippen molar-refractivity contribution in [1.29, 1.82) is 0 Å². The maximum Gasteiger partial charge on any atom is 0.253 e. The van der Waals surface area contributed by atoms with Crippen LogP contribution in [0.1, 0.15) is 65.1 Å². The molecule has 9 nitrogen and oxygen atoms in total. The van der Waals surface area contributed by atoms with Gasteiger partial charge in [0.15, 0.2) is 11.5 Å². The summed E-state index contributed by atoms with van der Waals surface area (Å²) in [6.07, 6.45) is 4.12. The lowest BCUT2D eigenvalue weighted by Crippen LogP contribution is -2.51. The van der Waals surface area contributed by atoms with Crippen molar-refractivity contribution < 1.29 is 24.2 Å². The molecule has 218 valence electrons. The molecule has 2 saturated heterocycles. The number of aliphatic hydroxyl groups is 1. The Morgan fingerprint density at radius 3 is 2.27 bits per heavy atom. The normalized spacial score (nSPS) is 24.4. The lowest BCUT2D eigenvalue weighted by molar-refractivity contribution is -0.131. The Morgan fingerprint density at radius 2 is 1.59 bits per heavy atom. The predicted molar refractivity (Wildman–Crippen MR) is 156 cm³/mol. The average Bonchev–Trinajstić information content (AvgIpc) is 3.56. The highest BCUT2D eigenvalue weighted by molar-refractivity contribution is 6.15. The maximum absolute atomic E-state index is 13.3. The second-order valence-electron chi connectivity index (χ2n) is 11.6. The Balaban J connectivity index is 1.17. The minimum atomic E-state index is -0.327. The van der Waals surface area contributed by atoms with Gasteiger partial charge >= 0.3 is 0 Å². The highest BCUT2D eigenvalue weighted by Crippen LogP contribution is 2.44. The topological polar surface area (TPSA) is 94.9 Å². The van der Waals surface area contributed by atoms with Gasteiger partial charge in [-0.1, -0.05) is 12.1 Å². The number of nitrogens with zero attached hydrogens (tertiary/aromatic N) is 4. The number of hydrogen-bond acceptors (Lipinski definition) is 7. The summed E-state index contributed by atoms with van der Waals surface area (Å²) in [5.74, 6) is 1.66. The molecule has 1 saturated carbocycles. The van der Waals surface area contributed by atoms with Crippen LogP contribution < -0.4 is 9.47 Å². The third-order valence-corrected chi connectivity index (χ3v) is 9.17. The van der Waals surface area contributed by atoms with Crippen molar-refractivity contribution in [3.63, 3.8) is 0 Å². The molecule has 3 atom stereocenters. The van der Waals surface area contributed by atoms with Crippen LogP contribution in [-0.2, 0) is 4.79 Å². The Bertz CT molecular complexity index is 1310. The fourth-order valence-electron chi connectivity index (χ4n) is 6.81. The molecule has 4 aliphatic rings. The number of hydrogen-bond donors (Lipinski definition) is 1. The van der Waals surface area contributed by atoms with E-state index in [0.717, 1.165) is 61.2 Å². The number of benzene rings is 2. The van der Waals surface area contributed by atoms with Crippen molar-refractivity contribution in [3.05, 3.63) is 58.7 Å². The summed E-state index contributed by atoms with van der Waals surface area (Å²) < 4.78 is 11.2. The van der Waals surface area contributed by atoms with Gasteiger partial charge in [0.1, 0.15) is 0 Å². The summed E-state index contributed by atoms with van der Waals surface area (Å²) in [6.45, 7) is 4.83. The van der Waals surface area contributed by atoms with Gasteiger partial charge in [0.05, 0.1) is 38.6 Å². The zero-order chi connectivity index (χ0) is 28.5. The van der Waals surface area contributed by atoms with E-state index in [2.05, 4.69) is 4.90 Å². The molecule has 2 aromatic rings. The Labute approximate surface area is 241 Å². The average molecular weight is 561 g/mol. The second-order valence-corrected chi connectivity index (χ2v) is 11.6. The molecule has 3 heterocycles. The van der Waals surface area contributed by atoms with Crippen molar-refractivity contribution in [2.75, 3.05) is 60.0 Å². The summed E-state index contributed by atoms with van der Waals surface area (Å²) in [7, 11) is 3.27. The lowest BCUT2D eigenvalue weighted by atomic mass is 9.74. The van der Waals surface area contributed by atoms with Gasteiger partial charge in [-0.25, -0.2) is 0 Å². The molecule has 0 radical (unpaired) electrons. The van der Waals surface area contributed by atoms with Crippen LogP contribution in [0.4, 0.5) is 0 Å². The Morgan fingerprint density at radius 1 is 0.902 bits per heavy atom. The number of carbonyl (C=O) groups is 2. The summed E-state index contributed by atoms with van der Waals surface area (Å²) >= 11 is 0. The monoisotopic (exact) mass is 560 g/mol. The van der Waals surface area contributed by atoms with E-state index < -0.39 is 0 Å². The number of aliphatic imine (C=N–C) groups is 1. The van der Waals surface area contributed by atoms with Gasteiger partial charge in [0, 0.05) is 61.9 Å². The van der Waals surface area contributed by atoms with Gasteiger partial charge in [0.2, 0.25) is 5.91 Å². The molecular weight excluding hydrogens is 520 g/mol. The van der Waals surface area contributed by atoms with Crippen LogP contribution in [0.15, 0.2) is 41.4 Å². The van der Waals surface area contributed by atoms with Crippen LogP contribution in [0.2, 0.25) is 0 Å². The molecule has 0 spiro atoms. The highest BCUT2D eigenvalue weighted by Gasteiger charge is 2.37. The lowest BCUT2D eigenvalue weighted by Gasteiger charge is -2.37. The number of methoxy groups -OCH3 is 2. The van der Waals surface area contributed by atoms with Gasteiger partial charge < -0.3 is 24.4 Å². The van der Waals surface area contributed by atoms with E-state index >= 15 is 0 Å². The number of ether oxygens (including phenoxy) is 2. The first-order valence-corrected chi connectivity index (χ1v) is 14.9. The summed E-state index contributed by atoms with van der Waals surface area (Å²) in [5.41, 5.74) is 4.59. The molecule has 3 fully saturated rings. The number of carbonyl (C=O) groups excluding carboxylic acids is 2. The molecule has 2 amide bonds. The van der Waals surface area contributed by atoms with Crippen molar-refractivity contribution in [3.8, 4) is 11.5 Å². The molecular formula is C32H40N4O5. The van der Waals surface area contributed by atoms with E-state index in [1.165, 1.54) is 0 Å². The minimum absolute atomic E-state index is 0.0146. The first-order chi connectivity index (χ1) is 19.9. The quantitative estimate of drug-likeness (QED) is 0.584. The Kier molecular flexibility index (Phi) is 7.99. The number of piperazine rings is 1. The van der Waals surface area contributed by atoms with Crippen molar-refractivity contribution in [2.45, 2.75) is 50.2 Å². The predicted octanol–water partition coefficient (Wildman–Crippen LogP) is 2.93. The van der Waals surface area contributed by atoms with E-state index in [1.54, 1.807) is 14.2 Å². The number of aliphatic hydroxyl groups excluding tert-OH is 1. The second kappa shape index (κ2) is 11.8. The number of rotatable bonds is 6. The molecule has 1 N–H and O–H groups in total. The van der Waals surface area contributed by atoms with Crippen LogP contribution in [0.3, 0.4) is 0 Å². The highest BCUT2D eigenvalue weighted by atomic mass is 16.5. The van der Waals surface area contributed by atoms with Gasteiger partial charge in [-0.15, -0.1) is 0 Å². The molecule has 0 bridgehead atoms. The number of amides is 2. The first kappa shape index (κ1) is 27.7. The fraction of sp³-hybridized carbons (Fsp3) is 0.531. The Hall–Kier alpha value is -3.43. The third kappa shape index (κ3) is 5.57. The maximum atomic E-state index is 13.3. The molecule has 9 heteroatoms. The summed E-state index contributed by atoms with van der Waals surface area (Å²) in [5, 5.41) is 10.4. The van der Waals surface area contributed by atoms with Crippen LogP contribution in [0.5, 0.6) is 11.5 Å². The SMILES string of the molecule is COc1cc2c(cc1OC)C1CC(O)CCC1N=C2c1ccc(C(=O)N2CCN(CC(=O)N3CCCC3)CC2)cc1. The largest absolute Gasteiger partial charge is 0.493 e. The van der Waals surface area contributed by atoms with Crippen molar-refractivity contribution in [1.82, 2.24) is 14.7 Å². The van der Waals surface area contributed by atoms with Gasteiger partial charge in [-0.2, -0.15) is 0 Å². The standard InChI is InChI=1S/C32H40N4O5/c1-40-28-18-24-25-17-23(37)9-10-27(25)33-31(26(24)19-29(28)41-2)21-5-7-22(8-6-21)32(39)36-15-13-34(14-16-36)20-30(38)35-11-3-4-12-35/h5-8,18-19,23,25,27,37H,3-4,9-17,20H2,1-2H3. The third-order valence-electron chi connectivity index (χ3n) is 9.17. The first-order valence-electron chi connectivity index (χ1n) is 14.9. The van der Waals surface area contributed by atoms with Crippen LogP contribution in [0, 0.1) is 0 Å². The van der Waals surface area contributed by atoms with E-state index in [1.807, 2.05) is 46.2 Å². The minimum Gasteiger partial charge on any atom is -0.493 e. The zero-order valence-corrected chi connectivity index (χ0v) is 24.1. The molecule has 41 heavy (non-hydrogen) atoms. The van der Waals surface area contributed by atoms with Gasteiger partial charge in [-0.05, 0) is 61.9 Å². The molecule has 6 rings (SSSR count). The van der Waals surface area contributed by atoms with Crippen molar-refractivity contribution >= 4 is 17.5 Å².